The molecule has 0 aliphatic carbocycles. The second-order valence-electron chi connectivity index (χ2n) is 4.50. The lowest BCUT2D eigenvalue weighted by molar-refractivity contribution is -0.385. The van der Waals surface area contributed by atoms with Crippen LogP contribution in [0.3, 0.4) is 0 Å². The summed E-state index contributed by atoms with van der Waals surface area (Å²) in [7, 11) is 0. The Bertz CT molecular complexity index is 532. The Morgan fingerprint density at radius 1 is 1.40 bits per heavy atom. The number of nitrogens with two attached hydrogens (primary N) is 2. The first-order valence-electron chi connectivity index (χ1n) is 5.83. The van der Waals surface area contributed by atoms with E-state index in [1.807, 2.05) is 0 Å². The summed E-state index contributed by atoms with van der Waals surface area (Å²) in [6.45, 7) is 4.95. The van der Waals surface area contributed by atoms with Gasteiger partial charge in [0.1, 0.15) is 11.7 Å². The number of nitrogens with zero attached hydrogens (tertiary/aromatic N) is 3. The van der Waals surface area contributed by atoms with Gasteiger partial charge in [0.15, 0.2) is 0 Å². The molecule has 1 aromatic heterocycles. The Labute approximate surface area is 115 Å². The minimum absolute atomic E-state index is 0.00239. The molecule has 0 saturated carbocycles. The minimum Gasteiger partial charge on any atom is -0.368 e. The largest absolute Gasteiger partial charge is 0.368 e. The first-order valence-corrected chi connectivity index (χ1v) is 5.83. The molecule has 1 heterocycles. The van der Waals surface area contributed by atoms with Crippen LogP contribution in [0.25, 0.3) is 0 Å². The topological polar surface area (TPSA) is 162 Å². The Morgan fingerprint density at radius 3 is 2.40 bits per heavy atom. The van der Waals surface area contributed by atoms with Crippen molar-refractivity contribution in [2.24, 2.45) is 17.5 Å². The molecule has 0 aromatic carbocycles. The number of hydrogen-bond donors (Lipinski definition) is 4. The number of aryl methyl sites for hydroxylation is 1. The van der Waals surface area contributed by atoms with Crippen LogP contribution in [0.5, 0.6) is 0 Å². The van der Waals surface area contributed by atoms with Crippen LogP contribution in [0, 0.1) is 23.0 Å². The van der Waals surface area contributed by atoms with Gasteiger partial charge >= 0.3 is 5.69 Å². The molecule has 110 valence electrons. The number of hydrogen-bond acceptors (Lipinski definition) is 8. The van der Waals surface area contributed by atoms with Crippen LogP contribution in [0.15, 0.2) is 0 Å². The lowest BCUT2D eigenvalue weighted by Gasteiger charge is -2.19. The van der Waals surface area contributed by atoms with Crippen molar-refractivity contribution in [3.63, 3.8) is 0 Å². The average Bonchev–Trinajstić information content (AvgIpc) is 2.33. The van der Waals surface area contributed by atoms with Crippen molar-refractivity contribution in [2.75, 3.05) is 10.7 Å². The standard InChI is InChI=1S/C10H17N7O3/c1-4(2)6(8(11)18)14-9-7(17(19)20)5(3)13-10(15-9)16-12/h4,6H,12H2,1-3H3,(H2,11,18)(H2,13,14,15,16). The molecule has 0 bridgehead atoms. The van der Waals surface area contributed by atoms with Crippen LogP contribution < -0.4 is 22.3 Å². The minimum atomic E-state index is -0.798. The van der Waals surface area contributed by atoms with Crippen molar-refractivity contribution in [2.45, 2.75) is 26.8 Å². The van der Waals surface area contributed by atoms with Crippen LogP contribution in [-0.4, -0.2) is 26.8 Å². The summed E-state index contributed by atoms with van der Waals surface area (Å²) in [5.74, 6) is 4.30. The van der Waals surface area contributed by atoms with Crippen LogP contribution in [0.4, 0.5) is 17.5 Å². The van der Waals surface area contributed by atoms with Gasteiger partial charge in [-0.05, 0) is 12.8 Å². The number of nitro groups is 1. The Morgan fingerprint density at radius 2 is 2.00 bits per heavy atom. The molecule has 20 heavy (non-hydrogen) atoms. The fourth-order valence-corrected chi connectivity index (χ4v) is 1.66. The van der Waals surface area contributed by atoms with Gasteiger partial charge in [-0.15, -0.1) is 0 Å². The molecule has 0 aliphatic heterocycles. The molecule has 10 nitrogen and oxygen atoms in total. The summed E-state index contributed by atoms with van der Waals surface area (Å²) in [6, 6.07) is -0.798. The van der Waals surface area contributed by atoms with Crippen LogP contribution in [0.2, 0.25) is 0 Å². The second-order valence-corrected chi connectivity index (χ2v) is 4.50. The summed E-state index contributed by atoms with van der Waals surface area (Å²) in [5.41, 5.74) is 7.27. The highest BCUT2D eigenvalue weighted by Gasteiger charge is 2.27. The van der Waals surface area contributed by atoms with E-state index in [0.29, 0.717) is 0 Å². The van der Waals surface area contributed by atoms with Gasteiger partial charge in [0.2, 0.25) is 17.7 Å². The monoisotopic (exact) mass is 283 g/mol. The zero-order valence-corrected chi connectivity index (χ0v) is 11.4. The predicted molar refractivity (Wildman–Crippen MR) is 72.7 cm³/mol. The van der Waals surface area contributed by atoms with E-state index in [4.69, 9.17) is 11.6 Å². The molecule has 0 fully saturated rings. The smallest absolute Gasteiger partial charge is 0.332 e. The molecule has 1 aromatic rings. The molecule has 1 atom stereocenters. The molecule has 1 unspecified atom stereocenters. The van der Waals surface area contributed by atoms with Crippen LogP contribution >= 0.6 is 0 Å². The number of rotatable bonds is 6. The summed E-state index contributed by atoms with van der Waals surface area (Å²) in [4.78, 5) is 29.5. The third-order valence-corrected chi connectivity index (χ3v) is 2.64. The van der Waals surface area contributed by atoms with E-state index in [1.165, 1.54) is 6.92 Å². The van der Waals surface area contributed by atoms with Crippen molar-refractivity contribution in [1.29, 1.82) is 0 Å². The van der Waals surface area contributed by atoms with E-state index in [9.17, 15) is 14.9 Å². The third kappa shape index (κ3) is 3.29. The van der Waals surface area contributed by atoms with Crippen LogP contribution in [-0.2, 0) is 4.79 Å². The molecule has 0 aliphatic rings. The van der Waals surface area contributed by atoms with Gasteiger partial charge in [-0.1, -0.05) is 13.8 Å². The van der Waals surface area contributed by atoms with Gasteiger partial charge in [-0.2, -0.15) is 4.98 Å². The molecule has 1 rings (SSSR count). The number of carbonyl (C=O) groups excluding carboxylic acids is 1. The SMILES string of the molecule is Cc1nc(NN)nc(NC(C(N)=O)C(C)C)c1[N+](=O)[O-]. The van der Waals surface area contributed by atoms with Crippen LogP contribution in [0.1, 0.15) is 19.5 Å². The number of anilines is 2. The number of nitrogens with one attached hydrogen (secondary N) is 2. The molecule has 1 amide bonds. The molecular formula is C10H17N7O3. The predicted octanol–water partition coefficient (Wildman–Crippen LogP) is -0.0994. The lowest BCUT2D eigenvalue weighted by Crippen LogP contribution is -2.40. The summed E-state index contributed by atoms with van der Waals surface area (Å²) in [5, 5.41) is 13.8. The van der Waals surface area contributed by atoms with E-state index in [1.54, 1.807) is 13.8 Å². The lowest BCUT2D eigenvalue weighted by atomic mass is 10.0. The van der Waals surface area contributed by atoms with Gasteiger partial charge in [0.25, 0.3) is 0 Å². The molecule has 6 N–H and O–H groups in total. The number of nitrogen functional groups attached to an aromatic ring is 1. The fraction of sp³-hybridized carbons (Fsp3) is 0.500. The zero-order chi connectivity index (χ0) is 15.4. The van der Waals surface area contributed by atoms with Gasteiger partial charge in [-0.3, -0.25) is 20.3 Å². The normalized spacial score (nSPS) is 12.1. The van der Waals surface area contributed by atoms with Gasteiger partial charge in [-0.25, -0.2) is 10.8 Å². The van der Waals surface area contributed by atoms with E-state index in [2.05, 4.69) is 20.7 Å². The first-order chi connectivity index (χ1) is 9.27. The second kappa shape index (κ2) is 6.10. The van der Waals surface area contributed by atoms with Gasteiger partial charge in [0.05, 0.1) is 4.92 Å². The number of aromatic nitrogens is 2. The highest BCUT2D eigenvalue weighted by molar-refractivity contribution is 5.83. The van der Waals surface area contributed by atoms with Gasteiger partial charge < -0.3 is 11.1 Å². The van der Waals surface area contributed by atoms with Gasteiger partial charge in [0, 0.05) is 0 Å². The average molecular weight is 283 g/mol. The fourth-order valence-electron chi connectivity index (χ4n) is 1.66. The highest BCUT2D eigenvalue weighted by atomic mass is 16.6. The molecule has 0 saturated heterocycles. The number of amides is 1. The molecular weight excluding hydrogens is 266 g/mol. The maximum absolute atomic E-state index is 11.4. The van der Waals surface area contributed by atoms with E-state index in [0.717, 1.165) is 0 Å². The Hall–Kier alpha value is -2.49. The maximum Gasteiger partial charge on any atom is 0.332 e. The molecule has 0 radical (unpaired) electrons. The zero-order valence-electron chi connectivity index (χ0n) is 11.4. The van der Waals surface area contributed by atoms with Crippen molar-refractivity contribution in [3.8, 4) is 0 Å². The van der Waals surface area contributed by atoms with Crippen molar-refractivity contribution >= 4 is 23.4 Å². The Balaban J connectivity index is 3.30. The van der Waals surface area contributed by atoms with Crippen molar-refractivity contribution < 1.29 is 9.72 Å². The first kappa shape index (κ1) is 15.6. The number of hydrazine groups is 1. The highest BCUT2D eigenvalue weighted by Crippen LogP contribution is 2.27. The number of primary amides is 1. The summed E-state index contributed by atoms with van der Waals surface area (Å²) in [6.07, 6.45) is 0. The Kier molecular flexibility index (Phi) is 4.75. The quantitative estimate of drug-likeness (QED) is 0.319. The summed E-state index contributed by atoms with van der Waals surface area (Å²) >= 11 is 0. The van der Waals surface area contributed by atoms with Crippen molar-refractivity contribution in [3.05, 3.63) is 15.8 Å². The maximum atomic E-state index is 11.4. The number of carbonyl (C=O) groups is 1. The third-order valence-electron chi connectivity index (χ3n) is 2.64. The van der Waals surface area contributed by atoms with E-state index >= 15 is 0 Å². The molecule has 0 spiro atoms. The molecule has 10 heteroatoms. The van der Waals surface area contributed by atoms with Crippen molar-refractivity contribution in [1.82, 2.24) is 9.97 Å². The summed E-state index contributed by atoms with van der Waals surface area (Å²) < 4.78 is 0. The van der Waals surface area contributed by atoms with E-state index < -0.39 is 16.9 Å². The van der Waals surface area contributed by atoms with E-state index in [-0.39, 0.29) is 29.1 Å².